The van der Waals surface area contributed by atoms with Crippen molar-refractivity contribution in [2.45, 2.75) is 46.6 Å². The lowest BCUT2D eigenvalue weighted by molar-refractivity contribution is -0.0146. The van der Waals surface area contributed by atoms with Gasteiger partial charge in [-0.05, 0) is 24.2 Å². The topological polar surface area (TPSA) is 23.5 Å². The Morgan fingerprint density at radius 1 is 1.36 bits per heavy atom. The molecule has 1 aliphatic rings. The van der Waals surface area contributed by atoms with Crippen LogP contribution in [0.2, 0.25) is 0 Å². The van der Waals surface area contributed by atoms with Crippen LogP contribution in [0.4, 0.5) is 0 Å². The molecule has 1 fully saturated rings. The molecule has 0 bridgehead atoms. The maximum atomic E-state index is 8.94. The molecule has 1 saturated heterocycles. The zero-order valence-corrected chi connectivity index (χ0v) is 10.1. The molecule has 84 valence electrons. The van der Waals surface area contributed by atoms with Gasteiger partial charge in [0.1, 0.15) is 0 Å². The van der Waals surface area contributed by atoms with Crippen molar-refractivity contribution in [2.24, 2.45) is 11.3 Å². The molecular formula is C12H25NO. The molecule has 0 radical (unpaired) electrons. The van der Waals surface area contributed by atoms with E-state index in [2.05, 4.69) is 32.6 Å². The Hall–Kier alpha value is -0.0800. The van der Waals surface area contributed by atoms with E-state index in [1.807, 2.05) is 0 Å². The molecule has 1 heterocycles. The Balaban J connectivity index is 2.32. The van der Waals surface area contributed by atoms with Crippen LogP contribution in [-0.4, -0.2) is 35.7 Å². The minimum atomic E-state index is 0.329. The number of aliphatic hydroxyl groups excluding tert-OH is 1. The van der Waals surface area contributed by atoms with Gasteiger partial charge in [-0.3, -0.25) is 4.90 Å². The summed E-state index contributed by atoms with van der Waals surface area (Å²) in [7, 11) is 0. The summed E-state index contributed by atoms with van der Waals surface area (Å²) < 4.78 is 0. The molecule has 1 atom stereocenters. The molecule has 1 aliphatic heterocycles. The van der Waals surface area contributed by atoms with Gasteiger partial charge in [-0.25, -0.2) is 0 Å². The molecule has 1 rings (SSSR count). The third-order valence-electron chi connectivity index (χ3n) is 3.58. The Morgan fingerprint density at radius 2 is 1.93 bits per heavy atom. The maximum absolute atomic E-state index is 8.94. The third-order valence-corrected chi connectivity index (χ3v) is 3.58. The van der Waals surface area contributed by atoms with E-state index >= 15 is 0 Å². The number of hydrogen-bond donors (Lipinski definition) is 1. The molecule has 1 N–H and O–H groups in total. The van der Waals surface area contributed by atoms with Crippen molar-refractivity contribution < 1.29 is 5.11 Å². The van der Waals surface area contributed by atoms with Crippen molar-refractivity contribution in [2.75, 3.05) is 19.7 Å². The van der Waals surface area contributed by atoms with Crippen LogP contribution in [0.5, 0.6) is 0 Å². The number of hydrogen-bond acceptors (Lipinski definition) is 2. The summed E-state index contributed by atoms with van der Waals surface area (Å²) in [5.41, 5.74) is 0.452. The van der Waals surface area contributed by atoms with Crippen LogP contribution in [0.3, 0.4) is 0 Å². The molecule has 0 aliphatic carbocycles. The fourth-order valence-corrected chi connectivity index (χ4v) is 2.15. The quantitative estimate of drug-likeness (QED) is 0.749. The molecule has 2 nitrogen and oxygen atoms in total. The molecule has 0 aromatic heterocycles. The van der Waals surface area contributed by atoms with Crippen molar-refractivity contribution in [3.63, 3.8) is 0 Å². The smallest absolute Gasteiger partial charge is 0.0445 e. The highest BCUT2D eigenvalue weighted by Gasteiger charge is 2.37. The Labute approximate surface area is 88.3 Å². The second-order valence-electron chi connectivity index (χ2n) is 5.59. The van der Waals surface area contributed by atoms with Crippen molar-refractivity contribution in [3.8, 4) is 0 Å². The van der Waals surface area contributed by atoms with Gasteiger partial charge in [-0.15, -0.1) is 0 Å². The second kappa shape index (κ2) is 4.63. The monoisotopic (exact) mass is 199 g/mol. The van der Waals surface area contributed by atoms with Crippen LogP contribution in [0, 0.1) is 11.3 Å². The van der Waals surface area contributed by atoms with Crippen molar-refractivity contribution in [3.05, 3.63) is 0 Å². The molecule has 0 aromatic rings. The van der Waals surface area contributed by atoms with Gasteiger partial charge >= 0.3 is 0 Å². The first-order valence-corrected chi connectivity index (χ1v) is 5.84. The maximum Gasteiger partial charge on any atom is 0.0445 e. The molecule has 0 saturated carbocycles. The number of rotatable bonds is 4. The van der Waals surface area contributed by atoms with Gasteiger partial charge in [0, 0.05) is 25.7 Å². The average molecular weight is 199 g/mol. The summed E-state index contributed by atoms with van der Waals surface area (Å²) in [6.07, 6.45) is 2.10. The lowest BCUT2D eigenvalue weighted by atomic mass is 9.75. The highest BCUT2D eigenvalue weighted by atomic mass is 16.3. The van der Waals surface area contributed by atoms with Gasteiger partial charge in [0.05, 0.1) is 0 Å². The molecule has 2 heteroatoms. The van der Waals surface area contributed by atoms with Crippen LogP contribution in [-0.2, 0) is 0 Å². The summed E-state index contributed by atoms with van der Waals surface area (Å²) in [6.45, 7) is 12.0. The normalized spacial score (nSPS) is 22.1. The third kappa shape index (κ3) is 2.71. The summed E-state index contributed by atoms with van der Waals surface area (Å²) in [4.78, 5) is 2.52. The summed E-state index contributed by atoms with van der Waals surface area (Å²) >= 11 is 0. The zero-order chi connectivity index (χ0) is 10.8. The molecule has 0 amide bonds. The van der Waals surface area contributed by atoms with E-state index in [1.54, 1.807) is 0 Å². The van der Waals surface area contributed by atoms with Crippen LogP contribution in [0.1, 0.15) is 40.5 Å². The molecular weight excluding hydrogens is 174 g/mol. The first-order chi connectivity index (χ1) is 6.49. The summed E-state index contributed by atoms with van der Waals surface area (Å²) in [5, 5.41) is 8.94. The molecule has 14 heavy (non-hydrogen) atoms. The number of aliphatic hydroxyl groups is 1. The highest BCUT2D eigenvalue weighted by molar-refractivity contribution is 4.90. The van der Waals surface area contributed by atoms with Crippen molar-refractivity contribution in [1.82, 2.24) is 4.90 Å². The van der Waals surface area contributed by atoms with Gasteiger partial charge < -0.3 is 5.11 Å². The fraction of sp³-hybridized carbons (Fsp3) is 1.00. The van der Waals surface area contributed by atoms with Crippen molar-refractivity contribution >= 4 is 0 Å². The summed E-state index contributed by atoms with van der Waals surface area (Å²) in [5.74, 6) is 0.843. The number of likely N-dealkylation sites (tertiary alicyclic amines) is 1. The summed E-state index contributed by atoms with van der Waals surface area (Å²) in [6, 6.07) is 0.610. The van der Waals surface area contributed by atoms with Gasteiger partial charge in [-0.1, -0.05) is 27.7 Å². The number of nitrogens with zero attached hydrogens (tertiary/aromatic N) is 1. The van der Waals surface area contributed by atoms with E-state index in [-0.39, 0.29) is 0 Å². The van der Waals surface area contributed by atoms with Crippen LogP contribution in [0.15, 0.2) is 0 Å². The first-order valence-electron chi connectivity index (χ1n) is 5.84. The predicted molar refractivity (Wildman–Crippen MR) is 60.3 cm³/mol. The Morgan fingerprint density at radius 3 is 2.29 bits per heavy atom. The molecule has 1 unspecified atom stereocenters. The average Bonchev–Trinajstić information content (AvgIpc) is 1.97. The Bertz CT molecular complexity index is 168. The van der Waals surface area contributed by atoms with E-state index in [0.29, 0.717) is 18.1 Å². The molecule has 0 aromatic carbocycles. The lowest BCUT2D eigenvalue weighted by Gasteiger charge is -2.49. The second-order valence-corrected chi connectivity index (χ2v) is 5.59. The van der Waals surface area contributed by atoms with Gasteiger partial charge in [-0.2, -0.15) is 0 Å². The van der Waals surface area contributed by atoms with Crippen molar-refractivity contribution in [1.29, 1.82) is 0 Å². The first kappa shape index (κ1) is 12.0. The standard InChI is InChI=1S/C12H25NO/c1-5-11(6-7-14)13-8-10(9-13)12(2,3)4/h10-11,14H,5-9H2,1-4H3. The SMILES string of the molecule is CCC(CCO)N1CC(C(C)(C)C)C1. The predicted octanol–water partition coefficient (Wildman–Crippen LogP) is 2.13. The van der Waals surface area contributed by atoms with E-state index in [9.17, 15) is 0 Å². The van der Waals surface area contributed by atoms with Gasteiger partial charge in [0.2, 0.25) is 0 Å². The largest absolute Gasteiger partial charge is 0.396 e. The Kier molecular flexibility index (Phi) is 3.96. The van der Waals surface area contributed by atoms with E-state index < -0.39 is 0 Å². The van der Waals surface area contributed by atoms with Gasteiger partial charge in [0.25, 0.3) is 0 Å². The minimum Gasteiger partial charge on any atom is -0.396 e. The fourth-order valence-electron chi connectivity index (χ4n) is 2.15. The van der Waals surface area contributed by atoms with Gasteiger partial charge in [0.15, 0.2) is 0 Å². The van der Waals surface area contributed by atoms with E-state index in [0.717, 1.165) is 18.8 Å². The highest BCUT2D eigenvalue weighted by Crippen LogP contribution is 2.35. The van der Waals surface area contributed by atoms with Crippen LogP contribution >= 0.6 is 0 Å². The van der Waals surface area contributed by atoms with E-state index in [4.69, 9.17) is 5.11 Å². The lowest BCUT2D eigenvalue weighted by Crippen LogP contribution is -2.56. The van der Waals surface area contributed by atoms with E-state index in [1.165, 1.54) is 13.1 Å². The molecule has 0 spiro atoms. The van der Waals surface area contributed by atoms with Crippen LogP contribution < -0.4 is 0 Å². The zero-order valence-electron chi connectivity index (χ0n) is 10.1. The van der Waals surface area contributed by atoms with Crippen LogP contribution in [0.25, 0.3) is 0 Å². The minimum absolute atomic E-state index is 0.329.